The average Bonchev–Trinajstić information content (AvgIpc) is 3.44. The lowest BCUT2D eigenvalue weighted by molar-refractivity contribution is 0.0415. The fourth-order valence-electron chi connectivity index (χ4n) is 6.78. The maximum Gasteiger partial charge on any atom is 0.0845 e. The number of piperazine rings is 1. The molecule has 3 heterocycles. The van der Waals surface area contributed by atoms with Crippen LogP contribution in [0.3, 0.4) is 0 Å². The highest BCUT2D eigenvalue weighted by atomic mass is 35.5. The van der Waals surface area contributed by atoms with Crippen molar-refractivity contribution in [3.63, 3.8) is 0 Å². The normalized spacial score (nSPS) is 16.5. The third-order valence-corrected chi connectivity index (χ3v) is 9.71. The molecule has 228 valence electrons. The second-order valence-corrected chi connectivity index (χ2v) is 13.5. The molecule has 10 heteroatoms. The minimum absolute atomic E-state index is 0.470. The molecule has 0 unspecified atom stereocenters. The summed E-state index contributed by atoms with van der Waals surface area (Å²) < 4.78 is 4.32. The predicted octanol–water partition coefficient (Wildman–Crippen LogP) is 7.56. The zero-order valence-electron chi connectivity index (χ0n) is 23.9. The van der Waals surface area contributed by atoms with Gasteiger partial charge in [0, 0.05) is 103 Å². The Labute approximate surface area is 275 Å². The Kier molecular flexibility index (Phi) is 8.46. The molecular formula is C34H32Cl4N4O2. The first-order valence-electron chi connectivity index (χ1n) is 14.8. The fourth-order valence-corrected chi connectivity index (χ4v) is 7.47. The van der Waals surface area contributed by atoms with Gasteiger partial charge < -0.3 is 19.3 Å². The van der Waals surface area contributed by atoms with E-state index in [0.717, 1.165) is 69.8 Å². The number of aliphatic hydroxyl groups excluding tert-OH is 2. The van der Waals surface area contributed by atoms with Crippen molar-refractivity contribution in [2.75, 3.05) is 39.3 Å². The molecule has 1 aliphatic heterocycles. The number of aliphatic hydroxyl groups is 2. The van der Waals surface area contributed by atoms with Gasteiger partial charge in [0.05, 0.1) is 25.3 Å². The van der Waals surface area contributed by atoms with E-state index in [1.165, 1.54) is 0 Å². The quantitative estimate of drug-likeness (QED) is 0.176. The molecule has 1 aliphatic rings. The third-order valence-electron chi connectivity index (χ3n) is 8.77. The SMILES string of the molecule is O[C@@H](CN1CCN(C[C@H](O)Cn2c3ccc(Cl)cc3c3cc(Cl)ccc32)CC1)Cn1c2ccc(Cl)cc2c2cc(Cl)ccc21. The predicted molar refractivity (Wildman–Crippen MR) is 184 cm³/mol. The van der Waals surface area contributed by atoms with E-state index in [9.17, 15) is 10.2 Å². The Morgan fingerprint density at radius 2 is 0.727 bits per heavy atom. The zero-order chi connectivity index (χ0) is 30.5. The van der Waals surface area contributed by atoms with Gasteiger partial charge in [-0.15, -0.1) is 0 Å². The number of fused-ring (bicyclic) bond motifs is 6. The molecule has 44 heavy (non-hydrogen) atoms. The van der Waals surface area contributed by atoms with E-state index < -0.39 is 12.2 Å². The lowest BCUT2D eigenvalue weighted by Crippen LogP contribution is -2.50. The summed E-state index contributed by atoms with van der Waals surface area (Å²) in [7, 11) is 0. The number of rotatable bonds is 8. The molecule has 6 aromatic rings. The Morgan fingerprint density at radius 1 is 0.455 bits per heavy atom. The van der Waals surface area contributed by atoms with E-state index in [1.54, 1.807) is 0 Å². The Balaban J connectivity index is 0.983. The van der Waals surface area contributed by atoms with Gasteiger partial charge in [-0.2, -0.15) is 0 Å². The Morgan fingerprint density at radius 3 is 1.00 bits per heavy atom. The highest BCUT2D eigenvalue weighted by molar-refractivity contribution is 6.34. The molecule has 1 fully saturated rings. The number of benzene rings is 4. The van der Waals surface area contributed by atoms with E-state index in [1.807, 2.05) is 72.8 Å². The van der Waals surface area contributed by atoms with Crippen molar-refractivity contribution in [2.45, 2.75) is 25.3 Å². The van der Waals surface area contributed by atoms with Crippen LogP contribution in [0.15, 0.2) is 72.8 Å². The highest BCUT2D eigenvalue weighted by Crippen LogP contribution is 2.34. The first kappa shape index (κ1) is 30.2. The summed E-state index contributed by atoms with van der Waals surface area (Å²) >= 11 is 25.2. The highest BCUT2D eigenvalue weighted by Gasteiger charge is 2.23. The van der Waals surface area contributed by atoms with Crippen LogP contribution < -0.4 is 0 Å². The molecule has 2 aromatic heterocycles. The number of β-amino-alcohol motifs (C(OH)–C–C–N with tert-alkyl or cyclic N) is 2. The standard InChI is InChI=1S/C34H32Cl4N4O2/c35-21-1-5-31-27(13-21)28-14-22(36)2-6-32(28)41(31)19-25(43)17-39-9-11-40(12-10-39)18-26(44)20-42-33-7-3-23(37)15-29(33)30-16-24(38)4-8-34(30)42/h1-8,13-16,25-26,43-44H,9-12,17-20H2/t25-,26-/m0/s1. The number of halogens is 4. The van der Waals surface area contributed by atoms with Crippen LogP contribution in [0.2, 0.25) is 20.1 Å². The number of hydrogen-bond acceptors (Lipinski definition) is 4. The number of nitrogens with zero attached hydrogens (tertiary/aromatic N) is 4. The molecule has 0 amide bonds. The van der Waals surface area contributed by atoms with Crippen LogP contribution in [0.4, 0.5) is 0 Å². The summed E-state index contributed by atoms with van der Waals surface area (Å²) in [6.07, 6.45) is -1.09. The van der Waals surface area contributed by atoms with E-state index in [4.69, 9.17) is 46.4 Å². The molecule has 1 saturated heterocycles. The Bertz CT molecular complexity index is 1730. The molecular weight excluding hydrogens is 638 g/mol. The van der Waals surface area contributed by atoms with Crippen LogP contribution in [0.25, 0.3) is 43.6 Å². The molecule has 0 radical (unpaired) electrons. The van der Waals surface area contributed by atoms with Crippen LogP contribution in [0.1, 0.15) is 0 Å². The minimum atomic E-state index is -0.547. The molecule has 0 spiro atoms. The van der Waals surface area contributed by atoms with Gasteiger partial charge in [0.15, 0.2) is 0 Å². The van der Waals surface area contributed by atoms with Crippen LogP contribution in [-0.2, 0) is 13.1 Å². The van der Waals surface area contributed by atoms with Crippen molar-refractivity contribution in [3.05, 3.63) is 92.9 Å². The average molecular weight is 670 g/mol. The van der Waals surface area contributed by atoms with E-state index in [2.05, 4.69) is 18.9 Å². The minimum Gasteiger partial charge on any atom is -0.390 e. The first-order valence-corrected chi connectivity index (χ1v) is 16.3. The molecule has 0 aliphatic carbocycles. The Hall–Kier alpha value is -2.52. The van der Waals surface area contributed by atoms with Crippen molar-refractivity contribution in [3.8, 4) is 0 Å². The largest absolute Gasteiger partial charge is 0.390 e. The van der Waals surface area contributed by atoms with Gasteiger partial charge in [-0.1, -0.05) is 46.4 Å². The van der Waals surface area contributed by atoms with Gasteiger partial charge in [0.1, 0.15) is 0 Å². The summed E-state index contributed by atoms with van der Waals surface area (Å²) in [5, 5.41) is 29.2. The topological polar surface area (TPSA) is 56.8 Å². The van der Waals surface area contributed by atoms with Gasteiger partial charge in [0.25, 0.3) is 0 Å². The number of aromatic nitrogens is 2. The van der Waals surface area contributed by atoms with Crippen molar-refractivity contribution in [1.29, 1.82) is 0 Å². The molecule has 7 rings (SSSR count). The van der Waals surface area contributed by atoms with Gasteiger partial charge in [-0.3, -0.25) is 9.80 Å². The maximum absolute atomic E-state index is 11.2. The summed E-state index contributed by atoms with van der Waals surface area (Å²) in [6.45, 7) is 5.40. The van der Waals surface area contributed by atoms with Crippen LogP contribution in [0.5, 0.6) is 0 Å². The summed E-state index contributed by atoms with van der Waals surface area (Å²) in [4.78, 5) is 4.60. The molecule has 6 nitrogen and oxygen atoms in total. The summed E-state index contributed by atoms with van der Waals surface area (Å²) in [5.41, 5.74) is 4.11. The van der Waals surface area contributed by atoms with Crippen LogP contribution in [-0.4, -0.2) is 80.6 Å². The van der Waals surface area contributed by atoms with Gasteiger partial charge in [-0.25, -0.2) is 0 Å². The van der Waals surface area contributed by atoms with Gasteiger partial charge in [0.2, 0.25) is 0 Å². The second-order valence-electron chi connectivity index (χ2n) is 11.8. The monoisotopic (exact) mass is 668 g/mol. The summed E-state index contributed by atoms with van der Waals surface area (Å²) in [6, 6.07) is 23.4. The maximum atomic E-state index is 11.2. The van der Waals surface area contributed by atoms with E-state index in [-0.39, 0.29) is 0 Å². The lowest BCUT2D eigenvalue weighted by atomic mass is 10.1. The molecule has 2 N–H and O–H groups in total. The van der Waals surface area contributed by atoms with Crippen LogP contribution >= 0.6 is 46.4 Å². The zero-order valence-corrected chi connectivity index (χ0v) is 27.0. The molecule has 4 aromatic carbocycles. The molecule has 2 atom stereocenters. The van der Waals surface area contributed by atoms with Gasteiger partial charge >= 0.3 is 0 Å². The van der Waals surface area contributed by atoms with Crippen LogP contribution in [0, 0.1) is 0 Å². The number of hydrogen-bond donors (Lipinski definition) is 2. The first-order chi connectivity index (χ1) is 21.2. The second kappa shape index (κ2) is 12.3. The van der Waals surface area contributed by atoms with Crippen molar-refractivity contribution in [1.82, 2.24) is 18.9 Å². The van der Waals surface area contributed by atoms with Crippen molar-refractivity contribution < 1.29 is 10.2 Å². The van der Waals surface area contributed by atoms with Crippen molar-refractivity contribution >= 4 is 90.0 Å². The smallest absolute Gasteiger partial charge is 0.0845 e. The molecule has 0 bridgehead atoms. The van der Waals surface area contributed by atoms with Crippen molar-refractivity contribution in [2.24, 2.45) is 0 Å². The van der Waals surface area contributed by atoms with E-state index in [0.29, 0.717) is 46.3 Å². The third kappa shape index (κ3) is 5.91. The molecule has 0 saturated carbocycles. The summed E-state index contributed by atoms with van der Waals surface area (Å²) in [5.74, 6) is 0. The fraction of sp³-hybridized carbons (Fsp3) is 0.294. The lowest BCUT2D eigenvalue weighted by Gasteiger charge is -2.36. The van der Waals surface area contributed by atoms with E-state index >= 15 is 0 Å². The van der Waals surface area contributed by atoms with Gasteiger partial charge in [-0.05, 0) is 72.8 Å².